The van der Waals surface area contributed by atoms with Crippen LogP contribution in [0.15, 0.2) is 36.5 Å². The van der Waals surface area contributed by atoms with Crippen LogP contribution in [-0.4, -0.2) is 42.0 Å². The number of likely N-dealkylation sites (N-methyl/N-ethyl adjacent to an activating group) is 1. The highest BCUT2D eigenvalue weighted by Gasteiger charge is 2.30. The summed E-state index contributed by atoms with van der Waals surface area (Å²) >= 11 is 0. The molecule has 1 saturated heterocycles. The van der Waals surface area contributed by atoms with E-state index in [2.05, 4.69) is 47.6 Å². The summed E-state index contributed by atoms with van der Waals surface area (Å²) in [6.45, 7) is 2.73. The van der Waals surface area contributed by atoms with E-state index in [1.54, 1.807) is 0 Å². The molecular weight excluding hydrogens is 372 g/mol. The zero-order chi connectivity index (χ0) is 20.5. The van der Waals surface area contributed by atoms with Gasteiger partial charge in [-0.15, -0.1) is 0 Å². The molecule has 1 aliphatic carbocycles. The summed E-state index contributed by atoms with van der Waals surface area (Å²) < 4.78 is 0. The molecule has 0 radical (unpaired) electrons. The van der Waals surface area contributed by atoms with Crippen LogP contribution >= 0.6 is 0 Å². The first-order valence-electron chi connectivity index (χ1n) is 11.5. The van der Waals surface area contributed by atoms with Crippen LogP contribution in [0.5, 0.6) is 0 Å². The van der Waals surface area contributed by atoms with Gasteiger partial charge in [-0.1, -0.05) is 18.2 Å². The maximum Gasteiger partial charge on any atom is 0.226 e. The number of hydrogen-bond donors (Lipinski definition) is 1. The normalized spacial score (nSPS) is 23.9. The van der Waals surface area contributed by atoms with Crippen molar-refractivity contribution in [3.05, 3.63) is 58.9 Å². The molecule has 5 rings (SSSR count). The number of anilines is 1. The second-order valence-corrected chi connectivity index (χ2v) is 9.09. The fourth-order valence-electron chi connectivity index (χ4n) is 5.53. The molecule has 2 aromatic rings. The fourth-order valence-corrected chi connectivity index (χ4v) is 5.53. The van der Waals surface area contributed by atoms with E-state index < -0.39 is 0 Å². The highest BCUT2D eigenvalue weighted by atomic mass is 16.2. The predicted molar refractivity (Wildman–Crippen MR) is 120 cm³/mol. The molecule has 0 bridgehead atoms. The topological polar surface area (TPSA) is 48.5 Å². The highest BCUT2D eigenvalue weighted by Crippen LogP contribution is 2.34. The molecule has 5 nitrogen and oxygen atoms in total. The van der Waals surface area contributed by atoms with Crippen LogP contribution in [0.1, 0.15) is 60.5 Å². The molecule has 0 spiro atoms. The predicted octanol–water partition coefficient (Wildman–Crippen LogP) is 3.62. The Kier molecular flexibility index (Phi) is 5.57. The minimum Gasteiger partial charge on any atom is -0.312 e. The zero-order valence-corrected chi connectivity index (χ0v) is 17.9. The number of fused-ring (bicyclic) bond motifs is 2. The Labute approximate surface area is 179 Å². The van der Waals surface area contributed by atoms with Crippen LogP contribution in [0.4, 0.5) is 5.69 Å². The van der Waals surface area contributed by atoms with E-state index in [1.807, 2.05) is 11.1 Å². The minimum absolute atomic E-state index is 0.284. The fraction of sp³-hybridized carbons (Fsp3) is 0.520. The lowest BCUT2D eigenvalue weighted by Gasteiger charge is -2.37. The van der Waals surface area contributed by atoms with Crippen LogP contribution in [-0.2, 0) is 24.2 Å². The van der Waals surface area contributed by atoms with Gasteiger partial charge in [0.25, 0.3) is 0 Å². The second kappa shape index (κ2) is 8.48. The molecule has 5 heteroatoms. The Hall–Kier alpha value is -2.24. The van der Waals surface area contributed by atoms with Crippen LogP contribution in [0.25, 0.3) is 0 Å². The average Bonchev–Trinajstić information content (AvgIpc) is 2.79. The molecule has 2 atom stereocenters. The van der Waals surface area contributed by atoms with Gasteiger partial charge in [0.15, 0.2) is 0 Å². The van der Waals surface area contributed by atoms with Gasteiger partial charge in [-0.05, 0) is 74.4 Å². The van der Waals surface area contributed by atoms with E-state index in [-0.39, 0.29) is 5.91 Å². The number of carbonyl (C=O) groups excluding carboxylic acids is 1. The molecule has 30 heavy (non-hydrogen) atoms. The number of piperidine rings is 1. The van der Waals surface area contributed by atoms with Gasteiger partial charge in [0.05, 0.1) is 11.7 Å². The van der Waals surface area contributed by atoms with Crippen molar-refractivity contribution in [3.63, 3.8) is 0 Å². The molecule has 1 aromatic heterocycles. The van der Waals surface area contributed by atoms with Crippen molar-refractivity contribution in [2.24, 2.45) is 0 Å². The third kappa shape index (κ3) is 3.77. The molecule has 0 unspecified atom stereocenters. The van der Waals surface area contributed by atoms with E-state index in [9.17, 15) is 4.79 Å². The van der Waals surface area contributed by atoms with Crippen molar-refractivity contribution in [2.45, 2.75) is 63.6 Å². The maximum atomic E-state index is 12.6. The highest BCUT2D eigenvalue weighted by molar-refractivity contribution is 5.95. The van der Waals surface area contributed by atoms with Crippen molar-refractivity contribution in [1.82, 2.24) is 15.2 Å². The molecule has 1 fully saturated rings. The van der Waals surface area contributed by atoms with Gasteiger partial charge < -0.3 is 10.2 Å². The number of amides is 1. The summed E-state index contributed by atoms with van der Waals surface area (Å²) in [7, 11) is 2.24. The molecule has 1 aromatic carbocycles. The first kappa shape index (κ1) is 19.7. The largest absolute Gasteiger partial charge is 0.312 e. The molecular formula is C25H32N4O. The Morgan fingerprint density at radius 2 is 2.03 bits per heavy atom. The smallest absolute Gasteiger partial charge is 0.226 e. The van der Waals surface area contributed by atoms with Crippen molar-refractivity contribution >= 4 is 11.6 Å². The van der Waals surface area contributed by atoms with Gasteiger partial charge in [-0.2, -0.15) is 0 Å². The number of benzene rings is 1. The average molecular weight is 405 g/mol. The number of hydrogen-bond acceptors (Lipinski definition) is 4. The molecule has 0 saturated carbocycles. The van der Waals surface area contributed by atoms with Gasteiger partial charge in [0, 0.05) is 44.0 Å². The zero-order valence-electron chi connectivity index (χ0n) is 17.9. The minimum atomic E-state index is 0.284. The Morgan fingerprint density at radius 3 is 2.93 bits per heavy atom. The van der Waals surface area contributed by atoms with Crippen molar-refractivity contribution in [1.29, 1.82) is 0 Å². The summed E-state index contributed by atoms with van der Waals surface area (Å²) in [4.78, 5) is 21.8. The van der Waals surface area contributed by atoms with Crippen molar-refractivity contribution < 1.29 is 4.79 Å². The summed E-state index contributed by atoms with van der Waals surface area (Å²) in [5.41, 5.74) is 6.54. The van der Waals surface area contributed by atoms with Crippen LogP contribution in [0.3, 0.4) is 0 Å². The molecule has 1 N–H and O–H groups in total. The molecule has 1 amide bonds. The third-order valence-electron chi connectivity index (χ3n) is 7.10. The number of rotatable bonds is 4. The quantitative estimate of drug-likeness (QED) is 0.846. The summed E-state index contributed by atoms with van der Waals surface area (Å²) in [5, 5.41) is 3.75. The first-order chi connectivity index (χ1) is 14.7. The van der Waals surface area contributed by atoms with Gasteiger partial charge in [0.2, 0.25) is 5.91 Å². The van der Waals surface area contributed by atoms with Crippen LogP contribution in [0.2, 0.25) is 0 Å². The van der Waals surface area contributed by atoms with Gasteiger partial charge in [-0.25, -0.2) is 0 Å². The van der Waals surface area contributed by atoms with Crippen molar-refractivity contribution in [2.75, 3.05) is 25.0 Å². The van der Waals surface area contributed by atoms with Gasteiger partial charge in [0.1, 0.15) is 0 Å². The Morgan fingerprint density at radius 1 is 1.13 bits per heavy atom. The standard InChI is InChI=1S/C25H32N4O/c1-28(23-11-4-7-18-9-6-13-26-25(18)23)17-20-15-21-19(16-27-20)8-5-10-22(21)29-14-3-2-12-24(29)30/h5-6,8-10,13,20,23,27H,2-4,7,11-12,14-17H2,1H3/t20-,23+/m1/s1. The maximum absolute atomic E-state index is 12.6. The summed E-state index contributed by atoms with van der Waals surface area (Å²) in [6.07, 6.45) is 9.28. The second-order valence-electron chi connectivity index (χ2n) is 9.09. The van der Waals surface area contributed by atoms with Gasteiger partial charge in [-0.3, -0.25) is 14.7 Å². The van der Waals surface area contributed by atoms with E-state index in [0.717, 1.165) is 51.0 Å². The molecule has 2 aliphatic heterocycles. The van der Waals surface area contributed by atoms with E-state index in [1.165, 1.54) is 35.2 Å². The van der Waals surface area contributed by atoms with Crippen LogP contribution in [0, 0.1) is 0 Å². The number of nitrogens with one attached hydrogen (secondary N) is 1. The molecule has 3 aliphatic rings. The molecule has 158 valence electrons. The van der Waals surface area contributed by atoms with Crippen LogP contribution < -0.4 is 10.2 Å². The number of carbonyl (C=O) groups is 1. The van der Waals surface area contributed by atoms with Gasteiger partial charge >= 0.3 is 0 Å². The van der Waals surface area contributed by atoms with E-state index in [0.29, 0.717) is 18.5 Å². The molecule has 3 heterocycles. The lowest BCUT2D eigenvalue weighted by molar-refractivity contribution is -0.119. The SMILES string of the molecule is CN(C[C@H]1Cc2c(cccc2N2CCCCC2=O)CN1)[C@H]1CCCc2cccnc21. The number of aryl methyl sites for hydroxylation is 1. The third-order valence-corrected chi connectivity index (χ3v) is 7.10. The lowest BCUT2D eigenvalue weighted by atomic mass is 9.89. The number of nitrogens with zero attached hydrogens (tertiary/aromatic N) is 3. The Balaban J connectivity index is 1.33. The van der Waals surface area contributed by atoms with E-state index in [4.69, 9.17) is 4.98 Å². The summed E-state index contributed by atoms with van der Waals surface area (Å²) in [6, 6.07) is 11.5. The number of aromatic nitrogens is 1. The van der Waals surface area contributed by atoms with E-state index >= 15 is 0 Å². The Bertz CT molecular complexity index is 927. The number of pyridine rings is 1. The van der Waals surface area contributed by atoms with Crippen molar-refractivity contribution in [3.8, 4) is 0 Å². The lowest BCUT2D eigenvalue weighted by Crippen LogP contribution is -2.46. The first-order valence-corrected chi connectivity index (χ1v) is 11.5. The monoisotopic (exact) mass is 404 g/mol. The summed E-state index contributed by atoms with van der Waals surface area (Å²) in [5.74, 6) is 0.284.